The van der Waals surface area contributed by atoms with E-state index in [1.807, 2.05) is 0 Å². The van der Waals surface area contributed by atoms with Gasteiger partial charge in [0.1, 0.15) is 5.82 Å². The van der Waals surface area contributed by atoms with Gasteiger partial charge in [0.15, 0.2) is 0 Å². The molecule has 2 rings (SSSR count). The topological polar surface area (TPSA) is 37.3 Å². The van der Waals surface area contributed by atoms with Gasteiger partial charge in [0.25, 0.3) is 0 Å². The molecule has 0 fully saturated rings. The van der Waals surface area contributed by atoms with E-state index < -0.39 is 5.97 Å². The zero-order valence-electron chi connectivity index (χ0n) is 10.7. The summed E-state index contributed by atoms with van der Waals surface area (Å²) in [5.74, 6) is -1.36. The van der Waals surface area contributed by atoms with Crippen LogP contribution < -0.4 is 0 Å². The summed E-state index contributed by atoms with van der Waals surface area (Å²) in [5.41, 5.74) is 1.87. The zero-order chi connectivity index (χ0) is 14.7. The molecule has 2 nitrogen and oxygen atoms in total. The number of rotatable bonds is 3. The Labute approximate surface area is 121 Å². The van der Waals surface area contributed by atoms with E-state index in [1.54, 1.807) is 42.5 Å². The second-order valence-electron chi connectivity index (χ2n) is 4.30. The number of halogens is 2. The van der Waals surface area contributed by atoms with Crippen molar-refractivity contribution in [1.29, 1.82) is 0 Å². The van der Waals surface area contributed by atoms with Gasteiger partial charge < -0.3 is 5.11 Å². The number of carboxylic acid groups (broad SMARTS) is 1. The zero-order valence-corrected chi connectivity index (χ0v) is 11.5. The lowest BCUT2D eigenvalue weighted by Gasteiger charge is -2.06. The van der Waals surface area contributed by atoms with Crippen LogP contribution in [0.25, 0.3) is 16.2 Å². The number of hydrogen-bond acceptors (Lipinski definition) is 1. The fourth-order valence-corrected chi connectivity index (χ4v) is 2.01. The van der Waals surface area contributed by atoms with E-state index >= 15 is 0 Å². The van der Waals surface area contributed by atoms with E-state index in [2.05, 4.69) is 0 Å². The summed E-state index contributed by atoms with van der Waals surface area (Å²) in [7, 11) is 0. The first-order chi connectivity index (χ1) is 9.50. The summed E-state index contributed by atoms with van der Waals surface area (Å²) < 4.78 is 13.7. The highest BCUT2D eigenvalue weighted by Crippen LogP contribution is 2.27. The third-order valence-electron chi connectivity index (χ3n) is 2.97. The van der Waals surface area contributed by atoms with E-state index in [-0.39, 0.29) is 16.4 Å². The molecular formula is C16H12ClFO2. The average Bonchev–Trinajstić information content (AvgIpc) is 2.46. The highest BCUT2D eigenvalue weighted by Gasteiger charge is 2.10. The number of carboxylic acids is 1. The third kappa shape index (κ3) is 2.89. The Bertz CT molecular complexity index is 675. The fourth-order valence-electron chi connectivity index (χ4n) is 1.80. The minimum absolute atomic E-state index is 0.0744. The highest BCUT2D eigenvalue weighted by atomic mass is 35.5. The van der Waals surface area contributed by atoms with Gasteiger partial charge >= 0.3 is 5.97 Å². The maximum atomic E-state index is 13.7. The minimum atomic E-state index is -1.06. The number of aliphatic carboxylic acids is 1. The predicted molar refractivity (Wildman–Crippen MR) is 77.9 cm³/mol. The molecule has 0 atom stereocenters. The van der Waals surface area contributed by atoms with E-state index in [0.29, 0.717) is 16.7 Å². The summed E-state index contributed by atoms with van der Waals surface area (Å²) >= 11 is 6.01. The van der Waals surface area contributed by atoms with E-state index in [9.17, 15) is 9.18 Å². The molecule has 1 N–H and O–H groups in total. The van der Waals surface area contributed by atoms with Crippen LogP contribution in [0.15, 0.2) is 54.1 Å². The summed E-state index contributed by atoms with van der Waals surface area (Å²) in [6.07, 6.45) is 0. The molecule has 102 valence electrons. The Balaban J connectivity index is 2.39. The highest BCUT2D eigenvalue weighted by molar-refractivity contribution is 6.50. The normalized spacial score (nSPS) is 11.9. The molecule has 0 saturated carbocycles. The van der Waals surface area contributed by atoms with Crippen LogP contribution in [0.5, 0.6) is 0 Å². The summed E-state index contributed by atoms with van der Waals surface area (Å²) in [6.45, 7) is 1.44. The van der Waals surface area contributed by atoms with Gasteiger partial charge in [-0.1, -0.05) is 54.1 Å². The largest absolute Gasteiger partial charge is 0.478 e. The Morgan fingerprint density at radius 3 is 2.25 bits per heavy atom. The molecule has 0 aliphatic rings. The summed E-state index contributed by atoms with van der Waals surface area (Å²) in [6, 6.07) is 13.2. The quantitative estimate of drug-likeness (QED) is 0.842. The van der Waals surface area contributed by atoms with Crippen LogP contribution in [-0.4, -0.2) is 11.1 Å². The molecule has 0 bridgehead atoms. The molecule has 2 aromatic rings. The molecule has 0 heterocycles. The molecule has 0 amide bonds. The standard InChI is InChI=1S/C16H12ClFO2/c1-10(16(19)20)15(17)12-8-6-11(7-9-12)13-4-2-3-5-14(13)18/h2-9H,1H3,(H,19,20)/b15-10-. The van der Waals surface area contributed by atoms with Crippen molar-refractivity contribution in [3.63, 3.8) is 0 Å². The van der Waals surface area contributed by atoms with Gasteiger partial charge in [-0.05, 0) is 24.1 Å². The van der Waals surface area contributed by atoms with Crippen molar-refractivity contribution < 1.29 is 14.3 Å². The Hall–Kier alpha value is -2.13. The second kappa shape index (κ2) is 5.88. The molecular weight excluding hydrogens is 279 g/mol. The van der Waals surface area contributed by atoms with Gasteiger partial charge in [0.2, 0.25) is 0 Å². The van der Waals surface area contributed by atoms with Crippen molar-refractivity contribution in [2.45, 2.75) is 6.92 Å². The van der Waals surface area contributed by atoms with Crippen molar-refractivity contribution in [3.8, 4) is 11.1 Å². The maximum absolute atomic E-state index is 13.7. The van der Waals surface area contributed by atoms with Gasteiger partial charge in [-0.3, -0.25) is 0 Å². The van der Waals surface area contributed by atoms with Crippen LogP contribution in [0.2, 0.25) is 0 Å². The predicted octanol–water partition coefficient (Wildman–Crippen LogP) is 4.55. The van der Waals surface area contributed by atoms with Crippen LogP contribution >= 0.6 is 11.6 Å². The van der Waals surface area contributed by atoms with Crippen molar-refractivity contribution in [1.82, 2.24) is 0 Å². The lowest BCUT2D eigenvalue weighted by Crippen LogP contribution is -1.98. The van der Waals surface area contributed by atoms with Crippen LogP contribution in [0.1, 0.15) is 12.5 Å². The van der Waals surface area contributed by atoms with Crippen LogP contribution in [0, 0.1) is 5.82 Å². The van der Waals surface area contributed by atoms with E-state index in [0.717, 1.165) is 0 Å². The molecule has 0 aliphatic carbocycles. The molecule has 0 spiro atoms. The van der Waals surface area contributed by atoms with Crippen molar-refractivity contribution in [2.24, 2.45) is 0 Å². The lowest BCUT2D eigenvalue weighted by molar-refractivity contribution is -0.132. The molecule has 0 radical (unpaired) electrons. The molecule has 20 heavy (non-hydrogen) atoms. The van der Waals surface area contributed by atoms with Gasteiger partial charge in [-0.2, -0.15) is 0 Å². The van der Waals surface area contributed by atoms with Crippen molar-refractivity contribution in [2.75, 3.05) is 0 Å². The molecule has 0 saturated heterocycles. The van der Waals surface area contributed by atoms with Crippen molar-refractivity contribution in [3.05, 3.63) is 65.5 Å². The molecule has 0 unspecified atom stereocenters. The first-order valence-electron chi connectivity index (χ1n) is 5.95. The third-order valence-corrected chi connectivity index (χ3v) is 3.47. The number of hydrogen-bond donors (Lipinski definition) is 1. The monoisotopic (exact) mass is 290 g/mol. The van der Waals surface area contributed by atoms with Gasteiger partial charge in [-0.15, -0.1) is 0 Å². The summed E-state index contributed by atoms with van der Waals surface area (Å²) in [4.78, 5) is 10.9. The maximum Gasteiger partial charge on any atom is 0.332 e. The van der Waals surface area contributed by atoms with Gasteiger partial charge in [-0.25, -0.2) is 9.18 Å². The van der Waals surface area contributed by atoms with Crippen molar-refractivity contribution >= 4 is 22.6 Å². The Morgan fingerprint density at radius 2 is 1.70 bits per heavy atom. The number of benzene rings is 2. The molecule has 0 aromatic heterocycles. The van der Waals surface area contributed by atoms with Gasteiger partial charge in [0, 0.05) is 5.56 Å². The SMILES string of the molecule is C/C(C(=O)O)=C(/Cl)c1ccc(-c2ccccc2F)cc1. The fraction of sp³-hybridized carbons (Fsp3) is 0.0625. The summed E-state index contributed by atoms with van der Waals surface area (Å²) in [5, 5.41) is 9.07. The average molecular weight is 291 g/mol. The molecule has 0 aliphatic heterocycles. The first-order valence-corrected chi connectivity index (χ1v) is 6.33. The Morgan fingerprint density at radius 1 is 1.10 bits per heavy atom. The second-order valence-corrected chi connectivity index (χ2v) is 4.68. The van der Waals surface area contributed by atoms with E-state index in [4.69, 9.17) is 16.7 Å². The minimum Gasteiger partial charge on any atom is -0.478 e. The van der Waals surface area contributed by atoms with Gasteiger partial charge in [0.05, 0.1) is 10.6 Å². The smallest absolute Gasteiger partial charge is 0.332 e. The van der Waals surface area contributed by atoms with Crippen LogP contribution in [0.3, 0.4) is 0 Å². The van der Waals surface area contributed by atoms with E-state index in [1.165, 1.54) is 13.0 Å². The Kier molecular flexibility index (Phi) is 4.20. The lowest BCUT2D eigenvalue weighted by atomic mass is 10.0. The van der Waals surface area contributed by atoms with Crippen LogP contribution in [-0.2, 0) is 4.79 Å². The van der Waals surface area contributed by atoms with Crippen LogP contribution in [0.4, 0.5) is 4.39 Å². The number of carbonyl (C=O) groups is 1. The molecule has 4 heteroatoms. The molecule has 2 aromatic carbocycles. The first kappa shape index (κ1) is 14.3.